The summed E-state index contributed by atoms with van der Waals surface area (Å²) in [5.74, 6) is 1.18. The molecule has 2 aromatic heterocycles. The molecule has 0 bridgehead atoms. The lowest BCUT2D eigenvalue weighted by molar-refractivity contribution is 0.309. The van der Waals surface area contributed by atoms with E-state index in [2.05, 4.69) is 11.9 Å². The zero-order valence-corrected chi connectivity index (χ0v) is 13.6. The maximum absolute atomic E-state index is 11.8. The largest absolute Gasteiger partial charge is 0.494 e. The Hall–Kier alpha value is -2.40. The summed E-state index contributed by atoms with van der Waals surface area (Å²) in [6.07, 6.45) is 2.14. The Labute approximate surface area is 138 Å². The fraction of sp³-hybridized carbons (Fsp3) is 0.222. The van der Waals surface area contributed by atoms with E-state index in [4.69, 9.17) is 9.15 Å². The number of rotatable bonds is 6. The molecule has 5 heteroatoms. The highest BCUT2D eigenvalue weighted by molar-refractivity contribution is 7.13. The monoisotopic (exact) mass is 327 g/mol. The van der Waals surface area contributed by atoms with Crippen LogP contribution in [0.15, 0.2) is 57.1 Å². The van der Waals surface area contributed by atoms with Gasteiger partial charge >= 0.3 is 5.63 Å². The zero-order valence-electron chi connectivity index (χ0n) is 12.8. The number of benzene rings is 1. The number of unbranched alkanes of at least 4 members (excludes halogenated alkanes) is 1. The second-order valence-electron chi connectivity index (χ2n) is 5.07. The van der Waals surface area contributed by atoms with Gasteiger partial charge in [-0.05, 0) is 42.1 Å². The number of thiophene rings is 1. The highest BCUT2D eigenvalue weighted by atomic mass is 32.1. The van der Waals surface area contributed by atoms with Crippen molar-refractivity contribution in [2.45, 2.75) is 19.8 Å². The standard InChI is InChI=1S/C18H17NO3S/c1-2-3-10-21-14-8-6-13(7-9-14)15-12-17(20)22-18(19-15)16-5-4-11-23-16/h4-9,11-12H,2-3,10H2,1H3. The summed E-state index contributed by atoms with van der Waals surface area (Å²) in [7, 11) is 0. The van der Waals surface area contributed by atoms with Crippen molar-refractivity contribution < 1.29 is 9.15 Å². The molecule has 0 spiro atoms. The van der Waals surface area contributed by atoms with Crippen LogP contribution in [0.5, 0.6) is 5.75 Å². The van der Waals surface area contributed by atoms with E-state index in [1.54, 1.807) is 0 Å². The van der Waals surface area contributed by atoms with Crippen LogP contribution in [0.1, 0.15) is 19.8 Å². The van der Waals surface area contributed by atoms with Gasteiger partial charge in [-0.15, -0.1) is 11.3 Å². The van der Waals surface area contributed by atoms with Crippen molar-refractivity contribution in [1.82, 2.24) is 4.98 Å². The Balaban J connectivity index is 1.85. The molecule has 4 nitrogen and oxygen atoms in total. The third-order valence-corrected chi connectivity index (χ3v) is 4.18. The normalized spacial score (nSPS) is 10.7. The molecule has 2 heterocycles. The van der Waals surface area contributed by atoms with Gasteiger partial charge in [0.05, 0.1) is 23.2 Å². The fourth-order valence-corrected chi connectivity index (χ4v) is 2.76. The van der Waals surface area contributed by atoms with Crippen molar-refractivity contribution in [2.24, 2.45) is 0 Å². The summed E-state index contributed by atoms with van der Waals surface area (Å²) in [6.45, 7) is 2.84. The molecule has 0 saturated heterocycles. The topological polar surface area (TPSA) is 52.3 Å². The smallest absolute Gasteiger partial charge is 0.339 e. The molecule has 1 aromatic carbocycles. The fourth-order valence-electron chi connectivity index (χ4n) is 2.11. The van der Waals surface area contributed by atoms with Crippen molar-refractivity contribution in [3.05, 3.63) is 58.3 Å². The first-order chi connectivity index (χ1) is 11.3. The lowest BCUT2D eigenvalue weighted by Gasteiger charge is -2.06. The van der Waals surface area contributed by atoms with Crippen LogP contribution < -0.4 is 10.4 Å². The van der Waals surface area contributed by atoms with E-state index < -0.39 is 5.63 Å². The maximum Gasteiger partial charge on any atom is 0.339 e. The van der Waals surface area contributed by atoms with Gasteiger partial charge in [0, 0.05) is 5.56 Å². The van der Waals surface area contributed by atoms with Crippen LogP contribution in [0.2, 0.25) is 0 Å². The van der Waals surface area contributed by atoms with E-state index in [1.165, 1.54) is 17.4 Å². The van der Waals surface area contributed by atoms with Crippen molar-refractivity contribution >= 4 is 11.3 Å². The van der Waals surface area contributed by atoms with Crippen molar-refractivity contribution in [3.63, 3.8) is 0 Å². The van der Waals surface area contributed by atoms with E-state index in [9.17, 15) is 4.79 Å². The quantitative estimate of drug-likeness (QED) is 0.620. The molecule has 118 valence electrons. The lowest BCUT2D eigenvalue weighted by Crippen LogP contribution is -2.01. The van der Waals surface area contributed by atoms with Crippen LogP contribution in [-0.4, -0.2) is 11.6 Å². The SMILES string of the molecule is CCCCOc1ccc(-c2cc(=O)oc(-c3cccs3)n2)cc1. The minimum absolute atomic E-state index is 0.353. The van der Waals surface area contributed by atoms with Crippen molar-refractivity contribution in [3.8, 4) is 27.8 Å². The molecule has 0 aliphatic rings. The molecule has 0 N–H and O–H groups in total. The van der Waals surface area contributed by atoms with E-state index in [1.807, 2.05) is 41.8 Å². The Kier molecular flexibility index (Phi) is 4.88. The predicted molar refractivity (Wildman–Crippen MR) is 91.9 cm³/mol. The van der Waals surface area contributed by atoms with E-state index in [0.717, 1.165) is 29.0 Å². The first-order valence-electron chi connectivity index (χ1n) is 7.55. The molecular weight excluding hydrogens is 310 g/mol. The van der Waals surface area contributed by atoms with Gasteiger partial charge in [-0.2, -0.15) is 0 Å². The molecule has 0 amide bonds. The van der Waals surface area contributed by atoms with Gasteiger partial charge in [-0.1, -0.05) is 19.4 Å². The molecule has 3 rings (SSSR count). The minimum atomic E-state index is -0.401. The Morgan fingerprint density at radius 3 is 2.74 bits per heavy atom. The van der Waals surface area contributed by atoms with E-state index in [0.29, 0.717) is 18.2 Å². The van der Waals surface area contributed by atoms with Crippen LogP contribution in [0.4, 0.5) is 0 Å². The van der Waals surface area contributed by atoms with Crippen LogP contribution in [0.3, 0.4) is 0 Å². The van der Waals surface area contributed by atoms with Crippen LogP contribution >= 0.6 is 11.3 Å². The first kappa shape index (κ1) is 15.5. The summed E-state index contributed by atoms with van der Waals surface area (Å²) in [5.41, 5.74) is 1.06. The molecule has 0 aliphatic carbocycles. The average molecular weight is 327 g/mol. The van der Waals surface area contributed by atoms with Crippen LogP contribution in [-0.2, 0) is 0 Å². The first-order valence-corrected chi connectivity index (χ1v) is 8.43. The average Bonchev–Trinajstić information content (AvgIpc) is 3.10. The number of hydrogen-bond acceptors (Lipinski definition) is 5. The molecule has 23 heavy (non-hydrogen) atoms. The predicted octanol–water partition coefficient (Wildman–Crippen LogP) is 4.61. The Bertz CT molecular complexity index is 807. The molecule has 0 radical (unpaired) electrons. The molecule has 0 atom stereocenters. The van der Waals surface area contributed by atoms with Crippen LogP contribution in [0.25, 0.3) is 22.0 Å². The van der Waals surface area contributed by atoms with Gasteiger partial charge in [0.1, 0.15) is 5.75 Å². The second-order valence-corrected chi connectivity index (χ2v) is 6.02. The van der Waals surface area contributed by atoms with Gasteiger partial charge < -0.3 is 9.15 Å². The summed E-state index contributed by atoms with van der Waals surface area (Å²) in [5, 5.41) is 1.92. The van der Waals surface area contributed by atoms with Gasteiger partial charge in [0.25, 0.3) is 0 Å². The zero-order chi connectivity index (χ0) is 16.1. The second kappa shape index (κ2) is 7.24. The third kappa shape index (κ3) is 3.87. The molecule has 0 aliphatic heterocycles. The van der Waals surface area contributed by atoms with Crippen molar-refractivity contribution in [2.75, 3.05) is 6.61 Å². The summed E-state index contributed by atoms with van der Waals surface area (Å²) in [4.78, 5) is 17.1. The minimum Gasteiger partial charge on any atom is -0.494 e. The molecule has 3 aromatic rings. The molecular formula is C18H17NO3S. The third-order valence-electron chi connectivity index (χ3n) is 3.32. The van der Waals surface area contributed by atoms with Gasteiger partial charge in [-0.25, -0.2) is 9.78 Å². The molecule has 0 fully saturated rings. The number of nitrogens with zero attached hydrogens (tertiary/aromatic N) is 1. The van der Waals surface area contributed by atoms with Gasteiger partial charge in [0.2, 0.25) is 5.89 Å². The molecule has 0 saturated carbocycles. The maximum atomic E-state index is 11.8. The highest BCUT2D eigenvalue weighted by Gasteiger charge is 2.09. The van der Waals surface area contributed by atoms with Gasteiger partial charge in [-0.3, -0.25) is 0 Å². The van der Waals surface area contributed by atoms with Crippen LogP contribution in [0, 0.1) is 0 Å². The number of ether oxygens (including phenoxy) is 1. The molecule has 0 unspecified atom stereocenters. The summed E-state index contributed by atoms with van der Waals surface area (Å²) >= 11 is 1.49. The number of aromatic nitrogens is 1. The van der Waals surface area contributed by atoms with E-state index in [-0.39, 0.29) is 0 Å². The summed E-state index contributed by atoms with van der Waals surface area (Å²) < 4.78 is 10.8. The van der Waals surface area contributed by atoms with Crippen molar-refractivity contribution in [1.29, 1.82) is 0 Å². The Morgan fingerprint density at radius 1 is 1.22 bits per heavy atom. The van der Waals surface area contributed by atoms with E-state index >= 15 is 0 Å². The number of hydrogen-bond donors (Lipinski definition) is 0. The van der Waals surface area contributed by atoms with Gasteiger partial charge in [0.15, 0.2) is 0 Å². The highest BCUT2D eigenvalue weighted by Crippen LogP contribution is 2.25. The lowest BCUT2D eigenvalue weighted by atomic mass is 10.1. The summed E-state index contributed by atoms with van der Waals surface area (Å²) in [6, 6.07) is 12.8. The Morgan fingerprint density at radius 2 is 2.04 bits per heavy atom.